The molecule has 2 saturated heterocycles. The van der Waals surface area contributed by atoms with Crippen LogP contribution in [0, 0.1) is 9.54 Å². The number of nitrogens with zero attached hydrogens (tertiary/aromatic N) is 5. The van der Waals surface area contributed by atoms with Crippen LogP contribution in [0.3, 0.4) is 0 Å². The third-order valence-electron chi connectivity index (χ3n) is 11.3. The summed E-state index contributed by atoms with van der Waals surface area (Å²) in [4.78, 5) is 55.4. The van der Waals surface area contributed by atoms with Gasteiger partial charge in [0.1, 0.15) is 17.6 Å². The summed E-state index contributed by atoms with van der Waals surface area (Å²) in [5.74, 6) is 0. The first-order chi connectivity index (χ1) is 29.1. The van der Waals surface area contributed by atoms with E-state index < -0.39 is 0 Å². The van der Waals surface area contributed by atoms with E-state index >= 15 is 0 Å². The molecule has 2 aliphatic rings. The molecule has 3 aromatic carbocycles. The summed E-state index contributed by atoms with van der Waals surface area (Å²) in [5, 5.41) is 3.61. The molecule has 0 aliphatic carbocycles. The van der Waals surface area contributed by atoms with E-state index in [4.69, 9.17) is 29.2 Å². The monoisotopic (exact) mass is 844 g/mol. The van der Waals surface area contributed by atoms with Crippen molar-refractivity contribution >= 4 is 52.6 Å². The van der Waals surface area contributed by atoms with Gasteiger partial charge in [0.05, 0.1) is 30.2 Å². The van der Waals surface area contributed by atoms with Gasteiger partial charge in [0.15, 0.2) is 9.54 Å². The summed E-state index contributed by atoms with van der Waals surface area (Å²) in [6.45, 7) is 6.38. The molecule has 7 aromatic rings. The Balaban J connectivity index is 0.000000176. The van der Waals surface area contributed by atoms with Crippen LogP contribution in [0.25, 0.3) is 22.1 Å². The second-order valence-electron chi connectivity index (χ2n) is 15.3. The Hall–Kier alpha value is -5.91. The zero-order chi connectivity index (χ0) is 41.8. The first-order valence-corrected chi connectivity index (χ1v) is 20.8. The van der Waals surface area contributed by atoms with Crippen LogP contribution < -0.4 is 16.4 Å². The summed E-state index contributed by atoms with van der Waals surface area (Å²) >= 11 is 10.9. The van der Waals surface area contributed by atoms with Crippen molar-refractivity contribution in [2.75, 3.05) is 53.4 Å². The normalized spacial score (nSPS) is 17.4. The standard InChI is InChI=1S/C26H27N5O3S.C18H21N5OS/c1-29-13-14-30(26(33)34-17-18-7-3-2-4-8-18)22(16-29)20-10-6-5-9-19(20)15-31-21-11-12-27-23(21)24(32)28-25(31)35;1-22-9-8-19-14(11-22)13-5-3-2-4-12(13)10-23-15-6-7-20-16(15)17(24)21-18(23)25/h2-12,22,27H,13-17H2,1H3,(H,28,32,35);2-7,14,19-20H,8-11H2,1H3,(H,21,24,25). The van der Waals surface area contributed by atoms with Gasteiger partial charge >= 0.3 is 6.09 Å². The lowest BCUT2D eigenvalue weighted by atomic mass is 9.97. The van der Waals surface area contributed by atoms with Gasteiger partial charge in [-0.2, -0.15) is 0 Å². The molecule has 1 amide bonds. The number of ether oxygens (including phenoxy) is 1. The van der Waals surface area contributed by atoms with E-state index in [1.807, 2.05) is 74.7 Å². The number of hydrogen-bond acceptors (Lipinski definition) is 9. The highest BCUT2D eigenvalue weighted by atomic mass is 32.1. The fourth-order valence-electron chi connectivity index (χ4n) is 8.20. The Morgan fingerprint density at radius 2 is 1.23 bits per heavy atom. The van der Waals surface area contributed by atoms with E-state index in [0.717, 1.165) is 53.9 Å². The van der Waals surface area contributed by atoms with Crippen LogP contribution >= 0.6 is 24.4 Å². The SMILES string of the molecule is CN1CCN(C(=O)OCc2ccccc2)C(c2ccccc2Cn2c(=S)[nH]c(=O)c3[nH]ccc32)C1.CN1CCNC(c2ccccc2Cn2c(=S)[nH]c(=O)c3[nH]ccc32)C1. The number of fused-ring (bicyclic) bond motifs is 2. The van der Waals surface area contributed by atoms with Gasteiger partial charge in [0, 0.05) is 57.7 Å². The molecule has 0 saturated carbocycles. The molecular formula is C44H48N10O4S2. The molecule has 2 unspecified atom stereocenters. The van der Waals surface area contributed by atoms with Crippen molar-refractivity contribution in [1.82, 2.24) is 49.1 Å². The van der Waals surface area contributed by atoms with Crippen molar-refractivity contribution in [2.24, 2.45) is 0 Å². The zero-order valence-corrected chi connectivity index (χ0v) is 35.2. The molecule has 16 heteroatoms. The molecule has 4 aromatic heterocycles. The maximum absolute atomic E-state index is 13.2. The van der Waals surface area contributed by atoms with Crippen molar-refractivity contribution in [3.8, 4) is 0 Å². The van der Waals surface area contributed by atoms with Gasteiger partial charge in [-0.1, -0.05) is 78.9 Å². The maximum Gasteiger partial charge on any atom is 0.410 e. The molecule has 5 N–H and O–H groups in total. The highest BCUT2D eigenvalue weighted by Crippen LogP contribution is 2.30. The van der Waals surface area contributed by atoms with Gasteiger partial charge < -0.3 is 39.0 Å². The van der Waals surface area contributed by atoms with Crippen LogP contribution in [0.1, 0.15) is 39.9 Å². The van der Waals surface area contributed by atoms with E-state index in [-0.39, 0.29) is 29.9 Å². The predicted molar refractivity (Wildman–Crippen MR) is 238 cm³/mol. The number of benzene rings is 3. The van der Waals surface area contributed by atoms with Crippen LogP contribution in [0.4, 0.5) is 4.79 Å². The molecule has 2 aliphatic heterocycles. The number of amides is 1. The highest BCUT2D eigenvalue weighted by molar-refractivity contribution is 7.71. The zero-order valence-electron chi connectivity index (χ0n) is 33.5. The summed E-state index contributed by atoms with van der Waals surface area (Å²) in [5.41, 5.74) is 7.71. The molecule has 6 heterocycles. The van der Waals surface area contributed by atoms with Gasteiger partial charge in [0.2, 0.25) is 0 Å². The smallest absolute Gasteiger partial charge is 0.410 e. The third-order valence-corrected chi connectivity index (χ3v) is 12.0. The van der Waals surface area contributed by atoms with Crippen molar-refractivity contribution in [2.45, 2.75) is 31.8 Å². The minimum atomic E-state index is -0.324. The Morgan fingerprint density at radius 3 is 1.85 bits per heavy atom. The van der Waals surface area contributed by atoms with Crippen LogP contribution in [0.15, 0.2) is 113 Å². The third kappa shape index (κ3) is 8.83. The van der Waals surface area contributed by atoms with Crippen molar-refractivity contribution < 1.29 is 9.53 Å². The van der Waals surface area contributed by atoms with Crippen molar-refractivity contribution in [3.05, 3.63) is 161 Å². The minimum Gasteiger partial charge on any atom is -0.445 e. The fraction of sp³-hybridized carbons (Fsp3) is 0.295. The highest BCUT2D eigenvalue weighted by Gasteiger charge is 2.33. The molecule has 310 valence electrons. The van der Waals surface area contributed by atoms with E-state index in [1.54, 1.807) is 12.4 Å². The number of aromatic amines is 4. The largest absolute Gasteiger partial charge is 0.445 e. The molecule has 0 radical (unpaired) electrons. The number of H-pyrrole nitrogens is 4. The molecule has 60 heavy (non-hydrogen) atoms. The van der Waals surface area contributed by atoms with Crippen LogP contribution in [-0.2, 0) is 24.4 Å². The van der Waals surface area contributed by atoms with Gasteiger partial charge in [-0.3, -0.25) is 24.5 Å². The van der Waals surface area contributed by atoms with Gasteiger partial charge in [-0.15, -0.1) is 0 Å². The van der Waals surface area contributed by atoms with Crippen LogP contribution in [0.5, 0.6) is 0 Å². The second kappa shape index (κ2) is 18.1. The summed E-state index contributed by atoms with van der Waals surface area (Å²) in [7, 11) is 4.21. The lowest BCUT2D eigenvalue weighted by Gasteiger charge is -2.40. The number of aromatic nitrogens is 6. The fourth-order valence-corrected chi connectivity index (χ4v) is 8.71. The summed E-state index contributed by atoms with van der Waals surface area (Å²) in [6.07, 6.45) is 3.18. The quantitative estimate of drug-likeness (QED) is 0.115. The number of hydrogen-bond donors (Lipinski definition) is 5. The topological polar surface area (TPSA) is 155 Å². The molecule has 2 fully saturated rings. The van der Waals surface area contributed by atoms with Crippen LogP contribution in [0.2, 0.25) is 0 Å². The minimum absolute atomic E-state index is 0.174. The average molecular weight is 845 g/mol. The lowest BCUT2D eigenvalue weighted by molar-refractivity contribution is 0.0488. The Bertz CT molecular complexity index is 2860. The molecule has 14 nitrogen and oxygen atoms in total. The average Bonchev–Trinajstić information content (AvgIpc) is 3.96. The molecule has 0 spiro atoms. The van der Waals surface area contributed by atoms with Gasteiger partial charge in [-0.05, 0) is 78.5 Å². The van der Waals surface area contributed by atoms with Gasteiger partial charge in [-0.25, -0.2) is 4.79 Å². The molecule has 0 bridgehead atoms. The number of carbonyl (C=O) groups is 1. The predicted octanol–water partition coefficient (Wildman–Crippen LogP) is 6.07. The molecule has 9 rings (SSSR count). The Kier molecular flexibility index (Phi) is 12.4. The summed E-state index contributed by atoms with van der Waals surface area (Å²) in [6, 6.07) is 30.1. The number of piperazine rings is 2. The first-order valence-electron chi connectivity index (χ1n) is 20.0. The lowest BCUT2D eigenvalue weighted by Crippen LogP contribution is -2.49. The van der Waals surface area contributed by atoms with E-state index in [9.17, 15) is 14.4 Å². The molecular weight excluding hydrogens is 797 g/mol. The number of rotatable bonds is 8. The number of nitrogens with one attached hydrogen (secondary N) is 5. The number of carbonyl (C=O) groups excluding carboxylic acids is 1. The van der Waals surface area contributed by atoms with E-state index in [1.165, 1.54) is 11.1 Å². The van der Waals surface area contributed by atoms with Crippen molar-refractivity contribution in [3.63, 3.8) is 0 Å². The maximum atomic E-state index is 13.2. The van der Waals surface area contributed by atoms with E-state index in [2.05, 4.69) is 79.5 Å². The van der Waals surface area contributed by atoms with Crippen LogP contribution in [-0.4, -0.2) is 103 Å². The first kappa shape index (κ1) is 40.9. The molecule has 2 atom stereocenters. The van der Waals surface area contributed by atoms with Crippen molar-refractivity contribution in [1.29, 1.82) is 0 Å². The Morgan fingerprint density at radius 1 is 0.683 bits per heavy atom. The number of likely N-dealkylation sites (N-methyl/N-ethyl adjacent to an activating group) is 2. The summed E-state index contributed by atoms with van der Waals surface area (Å²) < 4.78 is 10.4. The second-order valence-corrected chi connectivity index (χ2v) is 16.1. The Labute approximate surface area is 356 Å². The van der Waals surface area contributed by atoms with E-state index in [0.29, 0.717) is 52.8 Å². The van der Waals surface area contributed by atoms with Gasteiger partial charge in [0.25, 0.3) is 11.1 Å².